The number of rotatable bonds is 4. The molecule has 90 valence electrons. The van der Waals surface area contributed by atoms with Gasteiger partial charge < -0.3 is 4.90 Å². The molecule has 1 nitrogen and oxygen atoms in total. The highest BCUT2D eigenvalue weighted by atomic mass is 79.9. The van der Waals surface area contributed by atoms with Crippen LogP contribution in [-0.2, 0) is 0 Å². The Morgan fingerprint density at radius 3 is 2.73 bits per heavy atom. The van der Waals surface area contributed by atoms with Crippen LogP contribution in [0.15, 0.2) is 0 Å². The van der Waals surface area contributed by atoms with Crippen molar-refractivity contribution in [2.75, 3.05) is 30.7 Å². The number of thioether (sulfide) groups is 1. The smallest absolute Gasteiger partial charge is 0.302 e. The number of likely N-dealkylation sites (tertiary alicyclic amines) is 1. The number of hydrogen-bond acceptors (Lipinski definition) is 2. The predicted octanol–water partition coefficient (Wildman–Crippen LogP) is 3.35. The molecule has 0 spiro atoms. The van der Waals surface area contributed by atoms with Gasteiger partial charge in [0.2, 0.25) is 0 Å². The third-order valence-electron chi connectivity index (χ3n) is 2.49. The normalized spacial score (nSPS) is 24.4. The summed E-state index contributed by atoms with van der Waals surface area (Å²) in [6.45, 7) is 2.43. The highest BCUT2D eigenvalue weighted by molar-refractivity contribution is 9.09. The second kappa shape index (κ2) is 6.35. The van der Waals surface area contributed by atoms with Gasteiger partial charge in [0.25, 0.3) is 0 Å². The molecule has 0 N–H and O–H groups in total. The molecule has 0 aromatic heterocycles. The first-order valence-corrected chi connectivity index (χ1v) is 7.11. The molecule has 1 fully saturated rings. The van der Waals surface area contributed by atoms with Crippen LogP contribution in [0.25, 0.3) is 0 Å². The van der Waals surface area contributed by atoms with Gasteiger partial charge in [-0.15, -0.1) is 0 Å². The topological polar surface area (TPSA) is 3.24 Å². The summed E-state index contributed by atoms with van der Waals surface area (Å²) >= 11 is 3.51. The molecule has 0 saturated carbocycles. The second-order valence-electron chi connectivity index (χ2n) is 3.76. The van der Waals surface area contributed by atoms with Crippen molar-refractivity contribution in [1.82, 2.24) is 4.90 Å². The van der Waals surface area contributed by atoms with Gasteiger partial charge in [-0.1, -0.05) is 15.9 Å². The third kappa shape index (κ3) is 6.02. The lowest BCUT2D eigenvalue weighted by atomic mass is 10.0. The fourth-order valence-electron chi connectivity index (χ4n) is 1.77. The molecule has 1 saturated heterocycles. The van der Waals surface area contributed by atoms with Gasteiger partial charge in [0, 0.05) is 24.2 Å². The summed E-state index contributed by atoms with van der Waals surface area (Å²) in [5.41, 5.74) is -4.08. The average Bonchev–Trinajstić information content (AvgIpc) is 2.16. The fourth-order valence-corrected chi connectivity index (χ4v) is 2.88. The minimum atomic E-state index is -4.08. The van der Waals surface area contributed by atoms with E-state index in [2.05, 4.69) is 20.8 Å². The minimum Gasteiger partial charge on any atom is -0.302 e. The average molecular weight is 306 g/mol. The first kappa shape index (κ1) is 13.6. The van der Waals surface area contributed by atoms with Crippen molar-refractivity contribution < 1.29 is 13.2 Å². The summed E-state index contributed by atoms with van der Waals surface area (Å²) in [7, 11) is 0. The number of nitrogens with zero attached hydrogens (tertiary/aromatic N) is 1. The van der Waals surface area contributed by atoms with Gasteiger partial charge in [-0.25, -0.2) is 0 Å². The Hall–Kier alpha value is 0.580. The first-order valence-electron chi connectivity index (χ1n) is 5.00. The van der Waals surface area contributed by atoms with E-state index in [-0.39, 0.29) is 17.5 Å². The van der Waals surface area contributed by atoms with E-state index in [1.54, 1.807) is 0 Å². The van der Waals surface area contributed by atoms with Gasteiger partial charge in [-0.3, -0.25) is 0 Å². The Labute approximate surface area is 101 Å². The molecular weight excluding hydrogens is 291 g/mol. The van der Waals surface area contributed by atoms with Crippen molar-refractivity contribution >= 4 is 27.7 Å². The van der Waals surface area contributed by atoms with Gasteiger partial charge in [0.05, 0.1) is 0 Å². The quantitative estimate of drug-likeness (QED) is 0.733. The number of halogens is 4. The standard InChI is InChI=1S/C9H15BrF3NS/c10-6-8-2-1-3-14(7-8)4-5-15-9(11,12)13/h8H,1-7H2. The number of piperidine rings is 1. The largest absolute Gasteiger partial charge is 0.441 e. The van der Waals surface area contributed by atoms with Crippen LogP contribution in [0.2, 0.25) is 0 Å². The lowest BCUT2D eigenvalue weighted by Crippen LogP contribution is -2.37. The molecule has 15 heavy (non-hydrogen) atoms. The molecule has 0 radical (unpaired) electrons. The Morgan fingerprint density at radius 1 is 1.40 bits per heavy atom. The van der Waals surface area contributed by atoms with Crippen LogP contribution >= 0.6 is 27.7 Å². The molecule has 1 rings (SSSR count). The van der Waals surface area contributed by atoms with Gasteiger partial charge >= 0.3 is 5.51 Å². The zero-order valence-electron chi connectivity index (χ0n) is 8.39. The Balaban J connectivity index is 2.15. The monoisotopic (exact) mass is 305 g/mol. The SMILES string of the molecule is FC(F)(F)SCCN1CCCC(CBr)C1. The molecule has 1 aliphatic rings. The van der Waals surface area contributed by atoms with E-state index < -0.39 is 5.51 Å². The molecule has 0 amide bonds. The van der Waals surface area contributed by atoms with Crippen molar-refractivity contribution in [3.05, 3.63) is 0 Å². The summed E-state index contributed by atoms with van der Waals surface area (Å²) in [6.07, 6.45) is 2.29. The Morgan fingerprint density at radius 2 is 2.13 bits per heavy atom. The Bertz CT molecular complexity index is 189. The predicted molar refractivity (Wildman–Crippen MR) is 61.5 cm³/mol. The third-order valence-corrected chi connectivity index (χ3v) is 4.12. The van der Waals surface area contributed by atoms with E-state index in [4.69, 9.17) is 0 Å². The highest BCUT2D eigenvalue weighted by Gasteiger charge is 2.28. The second-order valence-corrected chi connectivity index (χ2v) is 5.56. The van der Waals surface area contributed by atoms with Crippen LogP contribution in [0, 0.1) is 5.92 Å². The lowest BCUT2D eigenvalue weighted by Gasteiger charge is -2.31. The molecular formula is C9H15BrF3NS. The number of hydrogen-bond donors (Lipinski definition) is 0. The van der Waals surface area contributed by atoms with Gasteiger partial charge in [-0.2, -0.15) is 13.2 Å². The molecule has 1 aliphatic heterocycles. The maximum Gasteiger partial charge on any atom is 0.441 e. The van der Waals surface area contributed by atoms with Gasteiger partial charge in [0.1, 0.15) is 0 Å². The molecule has 1 atom stereocenters. The summed E-state index contributed by atoms with van der Waals surface area (Å²) in [4.78, 5) is 2.13. The zero-order valence-corrected chi connectivity index (χ0v) is 10.8. The van der Waals surface area contributed by atoms with Crippen molar-refractivity contribution in [1.29, 1.82) is 0 Å². The van der Waals surface area contributed by atoms with Gasteiger partial charge in [0.15, 0.2) is 0 Å². The van der Waals surface area contributed by atoms with E-state index in [1.165, 1.54) is 6.42 Å². The first-order chi connectivity index (χ1) is 7.01. The van der Waals surface area contributed by atoms with E-state index in [0.29, 0.717) is 12.5 Å². The Kier molecular flexibility index (Phi) is 5.77. The van der Waals surface area contributed by atoms with Crippen molar-refractivity contribution in [2.24, 2.45) is 5.92 Å². The van der Waals surface area contributed by atoms with Crippen LogP contribution in [0.4, 0.5) is 13.2 Å². The molecule has 0 aliphatic carbocycles. The molecule has 0 aromatic carbocycles. The van der Waals surface area contributed by atoms with Crippen molar-refractivity contribution in [3.63, 3.8) is 0 Å². The van der Waals surface area contributed by atoms with Crippen LogP contribution in [0.1, 0.15) is 12.8 Å². The van der Waals surface area contributed by atoms with Crippen LogP contribution in [0.5, 0.6) is 0 Å². The van der Waals surface area contributed by atoms with Crippen molar-refractivity contribution in [2.45, 2.75) is 18.3 Å². The highest BCUT2D eigenvalue weighted by Crippen LogP contribution is 2.30. The molecule has 1 unspecified atom stereocenters. The zero-order chi connectivity index (χ0) is 11.3. The summed E-state index contributed by atoms with van der Waals surface area (Å²) in [6, 6.07) is 0. The van der Waals surface area contributed by atoms with Crippen LogP contribution < -0.4 is 0 Å². The summed E-state index contributed by atoms with van der Waals surface area (Å²) in [5, 5.41) is 0.954. The fraction of sp³-hybridized carbons (Fsp3) is 1.00. The molecule has 0 bridgehead atoms. The van der Waals surface area contributed by atoms with Gasteiger partial charge in [-0.05, 0) is 37.1 Å². The molecule has 6 heteroatoms. The molecule has 1 heterocycles. The minimum absolute atomic E-state index is 0.0827. The molecule has 0 aromatic rings. The summed E-state index contributed by atoms with van der Waals surface area (Å²) < 4.78 is 35.7. The van der Waals surface area contributed by atoms with Crippen molar-refractivity contribution in [3.8, 4) is 0 Å². The van der Waals surface area contributed by atoms with E-state index in [9.17, 15) is 13.2 Å². The van der Waals surface area contributed by atoms with E-state index >= 15 is 0 Å². The maximum atomic E-state index is 11.9. The van der Waals surface area contributed by atoms with Crippen LogP contribution in [-0.4, -0.2) is 41.1 Å². The lowest BCUT2D eigenvalue weighted by molar-refractivity contribution is -0.0329. The van der Waals surface area contributed by atoms with Crippen LogP contribution in [0.3, 0.4) is 0 Å². The summed E-state index contributed by atoms with van der Waals surface area (Å²) in [5.74, 6) is 0.757. The number of alkyl halides is 4. The maximum absolute atomic E-state index is 11.9. The van der Waals surface area contributed by atoms with E-state index in [0.717, 1.165) is 24.8 Å². The van der Waals surface area contributed by atoms with E-state index in [1.807, 2.05) is 0 Å².